The summed E-state index contributed by atoms with van der Waals surface area (Å²) < 4.78 is 41.1. The van der Waals surface area contributed by atoms with E-state index >= 15 is 0 Å². The first-order valence-electron chi connectivity index (χ1n) is 8.88. The summed E-state index contributed by atoms with van der Waals surface area (Å²) in [4.78, 5) is 6.84. The summed E-state index contributed by atoms with van der Waals surface area (Å²) in [6, 6.07) is 12.8. The zero-order chi connectivity index (χ0) is 21.3. The Kier molecular flexibility index (Phi) is 4.98. The lowest BCUT2D eigenvalue weighted by Gasteiger charge is -2.28. The van der Waals surface area contributed by atoms with Crippen LogP contribution in [0.15, 0.2) is 67.0 Å². The Hall–Kier alpha value is -3.69. The highest BCUT2D eigenvalue weighted by molar-refractivity contribution is 5.88. The standard InChI is InChI=1S/C21H16F3N5O/c22-15-4-6-16(7-5-15)28-19-8-3-14(10-13(19)11-25)21(30,29(23)24)18-12-27-20-17(18)2-1-9-26-20/h1-12,25,28,30H,(H,26,27). The molecule has 0 fully saturated rings. The third-order valence-corrected chi connectivity index (χ3v) is 4.80. The Morgan fingerprint density at radius 2 is 1.90 bits per heavy atom. The van der Waals surface area contributed by atoms with E-state index in [0.29, 0.717) is 22.4 Å². The van der Waals surface area contributed by atoms with Gasteiger partial charge in [-0.1, -0.05) is 15.0 Å². The molecule has 0 amide bonds. The summed E-state index contributed by atoms with van der Waals surface area (Å²) in [6.45, 7) is 0. The summed E-state index contributed by atoms with van der Waals surface area (Å²) in [6.07, 6.45) is 3.76. The number of hydrogen-bond donors (Lipinski definition) is 4. The molecule has 0 bridgehead atoms. The molecule has 0 saturated heterocycles. The summed E-state index contributed by atoms with van der Waals surface area (Å²) in [5, 5.41) is 20.8. The van der Waals surface area contributed by atoms with E-state index in [9.17, 15) is 18.5 Å². The van der Waals surface area contributed by atoms with E-state index in [-0.39, 0.29) is 16.7 Å². The van der Waals surface area contributed by atoms with Gasteiger partial charge in [0.05, 0.1) is 5.34 Å². The fourth-order valence-corrected chi connectivity index (χ4v) is 3.29. The number of H-pyrrole nitrogens is 1. The Bertz CT molecular complexity index is 1210. The first-order valence-corrected chi connectivity index (χ1v) is 8.88. The van der Waals surface area contributed by atoms with Crippen LogP contribution < -0.4 is 5.32 Å². The molecule has 2 aromatic heterocycles. The number of halogens is 3. The molecular formula is C21H16F3N5O. The van der Waals surface area contributed by atoms with E-state index in [0.717, 1.165) is 6.21 Å². The maximum absolute atomic E-state index is 14.0. The molecule has 2 aromatic carbocycles. The third kappa shape index (κ3) is 3.30. The maximum Gasteiger partial charge on any atom is 0.232 e. The minimum atomic E-state index is -2.77. The van der Waals surface area contributed by atoms with Gasteiger partial charge < -0.3 is 20.8 Å². The molecule has 0 aliphatic heterocycles. The fraction of sp³-hybridized carbons (Fsp3) is 0.0476. The number of nitrogens with one attached hydrogen (secondary N) is 3. The van der Waals surface area contributed by atoms with Crippen LogP contribution >= 0.6 is 0 Å². The number of nitrogens with zero attached hydrogens (tertiary/aromatic N) is 2. The predicted molar refractivity (Wildman–Crippen MR) is 107 cm³/mol. The molecule has 4 aromatic rings. The smallest absolute Gasteiger partial charge is 0.232 e. The van der Waals surface area contributed by atoms with Crippen LogP contribution in [0.2, 0.25) is 0 Å². The van der Waals surface area contributed by atoms with Crippen LogP contribution in [0.3, 0.4) is 0 Å². The van der Waals surface area contributed by atoms with Gasteiger partial charge in [-0.25, -0.2) is 9.37 Å². The molecule has 0 aliphatic rings. The highest BCUT2D eigenvalue weighted by Gasteiger charge is 2.43. The van der Waals surface area contributed by atoms with Crippen molar-refractivity contribution < 1.29 is 18.5 Å². The van der Waals surface area contributed by atoms with Gasteiger partial charge in [-0.15, -0.1) is 0 Å². The summed E-state index contributed by atoms with van der Waals surface area (Å²) >= 11 is 0. The van der Waals surface area contributed by atoms with Crippen LogP contribution in [0.1, 0.15) is 16.7 Å². The second-order valence-corrected chi connectivity index (χ2v) is 6.59. The van der Waals surface area contributed by atoms with Gasteiger partial charge in [0.15, 0.2) is 0 Å². The van der Waals surface area contributed by atoms with Crippen LogP contribution in [0.25, 0.3) is 11.0 Å². The minimum Gasteiger partial charge on any atom is -0.364 e. The van der Waals surface area contributed by atoms with E-state index < -0.39 is 16.9 Å². The van der Waals surface area contributed by atoms with Gasteiger partial charge in [0.2, 0.25) is 5.72 Å². The summed E-state index contributed by atoms with van der Waals surface area (Å²) in [5.41, 5.74) is -1.38. The molecule has 4 rings (SSSR count). The zero-order valence-electron chi connectivity index (χ0n) is 15.4. The first-order chi connectivity index (χ1) is 14.4. The van der Waals surface area contributed by atoms with E-state index in [1.165, 1.54) is 54.9 Å². The average Bonchev–Trinajstić information content (AvgIpc) is 3.19. The van der Waals surface area contributed by atoms with Crippen LogP contribution in [-0.2, 0) is 5.72 Å². The van der Waals surface area contributed by atoms with Gasteiger partial charge in [0.25, 0.3) is 0 Å². The minimum absolute atomic E-state index is 0.0780. The molecule has 0 saturated carbocycles. The predicted octanol–water partition coefficient (Wildman–Crippen LogP) is 4.71. The molecule has 0 spiro atoms. The van der Waals surface area contributed by atoms with E-state index in [2.05, 4.69) is 15.3 Å². The quantitative estimate of drug-likeness (QED) is 0.210. The van der Waals surface area contributed by atoms with Gasteiger partial charge >= 0.3 is 0 Å². The Balaban J connectivity index is 1.79. The number of pyridine rings is 1. The summed E-state index contributed by atoms with van der Waals surface area (Å²) in [7, 11) is 0. The van der Waals surface area contributed by atoms with Crippen molar-refractivity contribution >= 4 is 28.6 Å². The molecule has 2 heterocycles. The van der Waals surface area contributed by atoms with Crippen molar-refractivity contribution in [3.8, 4) is 0 Å². The topological polar surface area (TPSA) is 88.0 Å². The molecular weight excluding hydrogens is 395 g/mol. The number of rotatable bonds is 6. The lowest BCUT2D eigenvalue weighted by atomic mass is 9.93. The number of aromatic amines is 1. The molecule has 152 valence electrons. The van der Waals surface area contributed by atoms with E-state index in [4.69, 9.17) is 5.41 Å². The second kappa shape index (κ2) is 7.62. The average molecular weight is 411 g/mol. The molecule has 1 atom stereocenters. The second-order valence-electron chi connectivity index (χ2n) is 6.59. The number of hydrogen-bond acceptors (Lipinski definition) is 5. The fourth-order valence-electron chi connectivity index (χ4n) is 3.29. The van der Waals surface area contributed by atoms with Crippen molar-refractivity contribution in [2.45, 2.75) is 5.72 Å². The van der Waals surface area contributed by atoms with Crippen LogP contribution in [0.4, 0.5) is 24.7 Å². The highest BCUT2D eigenvalue weighted by atomic mass is 19.4. The molecule has 30 heavy (non-hydrogen) atoms. The van der Waals surface area contributed by atoms with Gasteiger partial charge in [-0.05, 0) is 48.5 Å². The Labute approximate surface area is 169 Å². The van der Waals surface area contributed by atoms with E-state index in [1.807, 2.05) is 0 Å². The van der Waals surface area contributed by atoms with Crippen molar-refractivity contribution in [1.82, 2.24) is 15.3 Å². The van der Waals surface area contributed by atoms with Gasteiger partial charge in [-0.3, -0.25) is 0 Å². The lowest BCUT2D eigenvalue weighted by molar-refractivity contribution is -0.297. The van der Waals surface area contributed by atoms with Crippen molar-refractivity contribution in [1.29, 1.82) is 5.41 Å². The number of aliphatic hydroxyl groups is 1. The first kappa shape index (κ1) is 19.6. The van der Waals surface area contributed by atoms with Crippen molar-refractivity contribution in [3.63, 3.8) is 0 Å². The molecule has 9 heteroatoms. The van der Waals surface area contributed by atoms with Gasteiger partial charge in [-0.2, -0.15) is 0 Å². The molecule has 0 radical (unpaired) electrons. The number of aromatic nitrogens is 2. The monoisotopic (exact) mass is 411 g/mol. The highest BCUT2D eigenvalue weighted by Crippen LogP contribution is 2.39. The maximum atomic E-state index is 14.0. The molecule has 4 N–H and O–H groups in total. The number of fused-ring (bicyclic) bond motifs is 1. The molecule has 0 aliphatic carbocycles. The third-order valence-electron chi connectivity index (χ3n) is 4.80. The number of anilines is 2. The van der Waals surface area contributed by atoms with Crippen LogP contribution in [0.5, 0.6) is 0 Å². The Morgan fingerprint density at radius 3 is 2.60 bits per heavy atom. The van der Waals surface area contributed by atoms with Crippen molar-refractivity contribution in [2.24, 2.45) is 0 Å². The lowest BCUT2D eigenvalue weighted by Crippen LogP contribution is -2.37. The van der Waals surface area contributed by atoms with Crippen LogP contribution in [0, 0.1) is 11.2 Å². The number of benzene rings is 2. The molecule has 6 nitrogen and oxygen atoms in total. The van der Waals surface area contributed by atoms with Gasteiger partial charge in [0, 0.05) is 52.1 Å². The van der Waals surface area contributed by atoms with Crippen molar-refractivity contribution in [3.05, 3.63) is 89.5 Å². The largest absolute Gasteiger partial charge is 0.364 e. The zero-order valence-corrected chi connectivity index (χ0v) is 15.4. The van der Waals surface area contributed by atoms with Crippen molar-refractivity contribution in [2.75, 3.05) is 5.32 Å². The SMILES string of the molecule is N=Cc1cc(C(O)(c2c[nH]c3ncccc23)N(F)F)ccc1Nc1ccc(F)cc1. The normalized spacial score (nSPS) is 13.4. The molecule has 1 unspecified atom stereocenters. The van der Waals surface area contributed by atoms with Crippen LogP contribution in [-0.4, -0.2) is 26.6 Å². The summed E-state index contributed by atoms with van der Waals surface area (Å²) in [5.74, 6) is -0.396. The van der Waals surface area contributed by atoms with Gasteiger partial charge in [0.1, 0.15) is 11.5 Å². The Morgan fingerprint density at radius 1 is 1.13 bits per heavy atom. The van der Waals surface area contributed by atoms with E-state index in [1.54, 1.807) is 12.1 Å².